The molecule has 142 valence electrons. The van der Waals surface area contributed by atoms with Gasteiger partial charge < -0.3 is 39.4 Å². The zero-order valence-electron chi connectivity index (χ0n) is 14.3. The minimum atomic E-state index is -0.870. The van der Waals surface area contributed by atoms with E-state index in [1.807, 2.05) is 0 Å². The molecule has 2 fully saturated rings. The van der Waals surface area contributed by atoms with Crippen LogP contribution in [0.5, 0.6) is 0 Å². The first-order valence-corrected chi connectivity index (χ1v) is 8.65. The van der Waals surface area contributed by atoms with Crippen molar-refractivity contribution in [2.24, 2.45) is 0 Å². The quantitative estimate of drug-likeness (QED) is 0.455. The van der Waals surface area contributed by atoms with Crippen LogP contribution in [0.15, 0.2) is 0 Å². The van der Waals surface area contributed by atoms with Crippen LogP contribution in [-0.4, -0.2) is 82.8 Å². The molecule has 8 heteroatoms. The molecule has 0 aromatic carbocycles. The van der Waals surface area contributed by atoms with Gasteiger partial charge in [0, 0.05) is 26.1 Å². The van der Waals surface area contributed by atoms with Crippen LogP contribution >= 0.6 is 0 Å². The third-order valence-corrected chi connectivity index (χ3v) is 4.50. The summed E-state index contributed by atoms with van der Waals surface area (Å²) < 4.78 is 22.1. The maximum atomic E-state index is 9.68. The van der Waals surface area contributed by atoms with Crippen molar-refractivity contribution in [3.63, 3.8) is 0 Å². The van der Waals surface area contributed by atoms with E-state index in [4.69, 9.17) is 18.9 Å². The maximum Gasteiger partial charge on any atom is 0.160 e. The summed E-state index contributed by atoms with van der Waals surface area (Å²) in [4.78, 5) is 0. The lowest BCUT2D eigenvalue weighted by Crippen LogP contribution is -2.47. The molecule has 2 rings (SSSR count). The SMILES string of the molecule is C[C@@H]1O[C@H](OCCCCO[C@@H]2C[C@H](O)[C@H](O)[C@H](C)O2)C[C@H](O)[C@@H]1O. The number of hydrogen-bond donors (Lipinski definition) is 4. The summed E-state index contributed by atoms with van der Waals surface area (Å²) in [6.07, 6.45) is -3.27. The Morgan fingerprint density at radius 1 is 0.750 bits per heavy atom. The highest BCUT2D eigenvalue weighted by Gasteiger charge is 2.35. The summed E-state index contributed by atoms with van der Waals surface area (Å²) in [5.74, 6) is 0. The smallest absolute Gasteiger partial charge is 0.160 e. The molecule has 0 spiro atoms. The molecule has 0 amide bonds. The molecule has 4 N–H and O–H groups in total. The highest BCUT2D eigenvalue weighted by atomic mass is 16.7. The Hall–Kier alpha value is -0.320. The Kier molecular flexibility index (Phi) is 7.83. The highest BCUT2D eigenvalue weighted by Crippen LogP contribution is 2.22. The van der Waals surface area contributed by atoms with Gasteiger partial charge in [0.05, 0.1) is 24.4 Å². The molecule has 2 heterocycles. The van der Waals surface area contributed by atoms with Crippen LogP contribution < -0.4 is 0 Å². The van der Waals surface area contributed by atoms with E-state index >= 15 is 0 Å². The number of rotatable bonds is 7. The molecule has 2 aliphatic rings. The molecule has 0 radical (unpaired) electrons. The first kappa shape index (κ1) is 20.0. The Morgan fingerprint density at radius 2 is 1.12 bits per heavy atom. The fourth-order valence-electron chi connectivity index (χ4n) is 2.90. The van der Waals surface area contributed by atoms with Gasteiger partial charge in [-0.2, -0.15) is 0 Å². The Balaban J connectivity index is 1.53. The predicted molar refractivity (Wildman–Crippen MR) is 83.1 cm³/mol. The molecular weight excluding hydrogens is 320 g/mol. The molecule has 0 aromatic heterocycles. The van der Waals surface area contributed by atoms with Gasteiger partial charge in [-0.05, 0) is 26.7 Å². The molecule has 0 aliphatic carbocycles. The van der Waals surface area contributed by atoms with E-state index in [0.29, 0.717) is 13.2 Å². The van der Waals surface area contributed by atoms with Crippen molar-refractivity contribution in [2.75, 3.05) is 13.2 Å². The van der Waals surface area contributed by atoms with Crippen molar-refractivity contribution < 1.29 is 39.4 Å². The Labute approximate surface area is 142 Å². The molecular formula is C16H30O8. The summed E-state index contributed by atoms with van der Waals surface area (Å²) in [5.41, 5.74) is 0. The van der Waals surface area contributed by atoms with Gasteiger partial charge >= 0.3 is 0 Å². The molecule has 0 aromatic rings. The molecule has 8 nitrogen and oxygen atoms in total. The number of unbranched alkanes of at least 4 members (excludes halogenated alkanes) is 1. The molecule has 24 heavy (non-hydrogen) atoms. The van der Waals surface area contributed by atoms with Gasteiger partial charge in [-0.15, -0.1) is 0 Å². The zero-order chi connectivity index (χ0) is 17.7. The lowest BCUT2D eigenvalue weighted by Gasteiger charge is -2.35. The second-order valence-corrected chi connectivity index (χ2v) is 6.58. The summed E-state index contributed by atoms with van der Waals surface area (Å²) >= 11 is 0. The fraction of sp³-hybridized carbons (Fsp3) is 1.00. The normalized spacial score (nSPS) is 43.8. The van der Waals surface area contributed by atoms with Crippen LogP contribution in [0.4, 0.5) is 0 Å². The van der Waals surface area contributed by atoms with Crippen LogP contribution in [-0.2, 0) is 18.9 Å². The van der Waals surface area contributed by atoms with Crippen molar-refractivity contribution in [3.8, 4) is 0 Å². The molecule has 0 unspecified atom stereocenters. The minimum Gasteiger partial charge on any atom is -0.390 e. The van der Waals surface area contributed by atoms with E-state index in [9.17, 15) is 20.4 Å². The number of aliphatic hydroxyl groups is 4. The van der Waals surface area contributed by atoms with Crippen LogP contribution in [0.25, 0.3) is 0 Å². The predicted octanol–water partition coefficient (Wildman–Crippen LogP) is -0.487. The van der Waals surface area contributed by atoms with Crippen LogP contribution in [0.3, 0.4) is 0 Å². The number of aliphatic hydroxyl groups excluding tert-OH is 4. The third kappa shape index (κ3) is 5.60. The standard InChI is InChI=1S/C16H30O8/c1-9-15(19)11(17)7-13(23-9)21-5-3-4-6-22-14-8-12(18)16(20)10(2)24-14/h9-20H,3-8H2,1-2H3/t9-,10-,11-,12-,13-,14-,15+,16+/m0/s1. The van der Waals surface area contributed by atoms with E-state index in [1.54, 1.807) is 13.8 Å². The number of hydrogen-bond acceptors (Lipinski definition) is 8. The van der Waals surface area contributed by atoms with Crippen molar-refractivity contribution in [3.05, 3.63) is 0 Å². The molecule has 0 bridgehead atoms. The second-order valence-electron chi connectivity index (χ2n) is 6.58. The van der Waals surface area contributed by atoms with E-state index < -0.39 is 49.2 Å². The van der Waals surface area contributed by atoms with Gasteiger partial charge in [0.25, 0.3) is 0 Å². The van der Waals surface area contributed by atoms with E-state index in [1.165, 1.54) is 0 Å². The summed E-state index contributed by atoms with van der Waals surface area (Å²) in [7, 11) is 0. The maximum absolute atomic E-state index is 9.68. The van der Waals surface area contributed by atoms with Gasteiger partial charge in [-0.25, -0.2) is 0 Å². The zero-order valence-corrected chi connectivity index (χ0v) is 14.3. The largest absolute Gasteiger partial charge is 0.390 e. The van der Waals surface area contributed by atoms with Crippen molar-refractivity contribution in [1.29, 1.82) is 0 Å². The lowest BCUT2D eigenvalue weighted by molar-refractivity contribution is -0.250. The van der Waals surface area contributed by atoms with Crippen LogP contribution in [0.2, 0.25) is 0 Å². The summed E-state index contributed by atoms with van der Waals surface area (Å²) in [6.45, 7) is 4.33. The molecule has 2 aliphatic heterocycles. The molecule has 8 atom stereocenters. The van der Waals surface area contributed by atoms with E-state index in [0.717, 1.165) is 12.8 Å². The Morgan fingerprint density at radius 3 is 1.46 bits per heavy atom. The second kappa shape index (κ2) is 9.40. The summed E-state index contributed by atoms with van der Waals surface area (Å²) in [6, 6.07) is 0. The molecule has 2 saturated heterocycles. The van der Waals surface area contributed by atoms with Crippen molar-refractivity contribution in [1.82, 2.24) is 0 Å². The third-order valence-electron chi connectivity index (χ3n) is 4.50. The van der Waals surface area contributed by atoms with E-state index in [2.05, 4.69) is 0 Å². The van der Waals surface area contributed by atoms with Gasteiger partial charge in [0.15, 0.2) is 12.6 Å². The summed E-state index contributed by atoms with van der Waals surface area (Å²) in [5, 5.41) is 38.5. The minimum absolute atomic E-state index is 0.260. The van der Waals surface area contributed by atoms with Gasteiger partial charge in [0.2, 0.25) is 0 Å². The van der Waals surface area contributed by atoms with E-state index in [-0.39, 0.29) is 12.8 Å². The van der Waals surface area contributed by atoms with Gasteiger partial charge in [0.1, 0.15) is 12.2 Å². The lowest BCUT2D eigenvalue weighted by atomic mass is 10.0. The topological polar surface area (TPSA) is 118 Å². The number of ether oxygens (including phenoxy) is 4. The fourth-order valence-corrected chi connectivity index (χ4v) is 2.90. The molecule has 0 saturated carbocycles. The van der Waals surface area contributed by atoms with Gasteiger partial charge in [-0.3, -0.25) is 0 Å². The first-order valence-electron chi connectivity index (χ1n) is 8.65. The Bertz CT molecular complexity index is 310. The average Bonchev–Trinajstić information content (AvgIpc) is 2.53. The van der Waals surface area contributed by atoms with Crippen molar-refractivity contribution >= 4 is 0 Å². The first-order chi connectivity index (χ1) is 11.4. The van der Waals surface area contributed by atoms with Gasteiger partial charge in [-0.1, -0.05) is 0 Å². The highest BCUT2D eigenvalue weighted by molar-refractivity contribution is 4.80. The van der Waals surface area contributed by atoms with Crippen LogP contribution in [0, 0.1) is 0 Å². The van der Waals surface area contributed by atoms with Crippen molar-refractivity contribution in [2.45, 2.75) is 88.7 Å². The average molecular weight is 350 g/mol. The van der Waals surface area contributed by atoms with Crippen LogP contribution in [0.1, 0.15) is 39.5 Å². The monoisotopic (exact) mass is 350 g/mol.